The van der Waals surface area contributed by atoms with E-state index in [4.69, 9.17) is 10.6 Å². The van der Waals surface area contributed by atoms with Crippen molar-refractivity contribution in [1.29, 1.82) is 0 Å². The molecule has 0 saturated heterocycles. The SMILES string of the molecule is COCCC/C=N/N. The van der Waals surface area contributed by atoms with Gasteiger partial charge in [0.1, 0.15) is 0 Å². The summed E-state index contributed by atoms with van der Waals surface area (Å²) in [4.78, 5) is 0. The van der Waals surface area contributed by atoms with E-state index in [1.54, 1.807) is 13.3 Å². The fourth-order valence-electron chi connectivity index (χ4n) is 0.393. The minimum absolute atomic E-state index is 0.784. The number of ether oxygens (including phenoxy) is 1. The van der Waals surface area contributed by atoms with Gasteiger partial charge in [0, 0.05) is 19.9 Å². The zero-order valence-corrected chi connectivity index (χ0v) is 5.13. The normalized spacial score (nSPS) is 10.6. The molecule has 0 radical (unpaired) electrons. The smallest absolute Gasteiger partial charge is 0.0465 e. The summed E-state index contributed by atoms with van der Waals surface area (Å²) in [5.41, 5.74) is 0. The van der Waals surface area contributed by atoms with Crippen LogP contribution in [0.4, 0.5) is 0 Å². The van der Waals surface area contributed by atoms with E-state index in [2.05, 4.69) is 5.10 Å². The molecule has 0 fully saturated rings. The summed E-state index contributed by atoms with van der Waals surface area (Å²) in [5, 5.41) is 3.33. The predicted octanol–water partition coefficient (Wildman–Crippen LogP) is 0.358. The zero-order valence-electron chi connectivity index (χ0n) is 5.13. The molecule has 2 N–H and O–H groups in total. The number of nitrogens with two attached hydrogens (primary N) is 1. The number of methoxy groups -OCH3 is 1. The van der Waals surface area contributed by atoms with E-state index in [0.29, 0.717) is 0 Å². The number of nitrogens with zero attached hydrogens (tertiary/aromatic N) is 1. The summed E-state index contributed by atoms with van der Waals surface area (Å²) in [6, 6.07) is 0. The van der Waals surface area contributed by atoms with E-state index in [9.17, 15) is 0 Å². The van der Waals surface area contributed by atoms with Crippen molar-refractivity contribution in [3.63, 3.8) is 0 Å². The Labute approximate surface area is 49.5 Å². The third kappa shape index (κ3) is 5.43. The van der Waals surface area contributed by atoms with Gasteiger partial charge in [0.05, 0.1) is 0 Å². The van der Waals surface area contributed by atoms with E-state index in [1.807, 2.05) is 0 Å². The summed E-state index contributed by atoms with van der Waals surface area (Å²) in [7, 11) is 1.68. The lowest BCUT2D eigenvalue weighted by Gasteiger charge is -1.90. The third-order valence-corrected chi connectivity index (χ3v) is 0.787. The molecule has 0 aliphatic rings. The second-order valence-corrected chi connectivity index (χ2v) is 1.47. The average Bonchev–Trinajstić information content (AvgIpc) is 1.81. The van der Waals surface area contributed by atoms with Crippen LogP contribution in [0.1, 0.15) is 12.8 Å². The Morgan fingerprint density at radius 2 is 2.50 bits per heavy atom. The number of hydrogen-bond acceptors (Lipinski definition) is 3. The van der Waals surface area contributed by atoms with Gasteiger partial charge in [-0.2, -0.15) is 5.10 Å². The number of hydrogen-bond donors (Lipinski definition) is 1. The highest BCUT2D eigenvalue weighted by molar-refractivity contribution is 5.56. The van der Waals surface area contributed by atoms with E-state index >= 15 is 0 Å². The molecule has 0 aromatic carbocycles. The maximum atomic E-state index is 4.84. The molecule has 0 aliphatic carbocycles. The highest BCUT2D eigenvalue weighted by atomic mass is 16.5. The Kier molecular flexibility index (Phi) is 5.97. The van der Waals surface area contributed by atoms with Crippen LogP contribution < -0.4 is 5.84 Å². The Hall–Kier alpha value is -0.570. The van der Waals surface area contributed by atoms with Crippen molar-refractivity contribution < 1.29 is 4.74 Å². The predicted molar refractivity (Wildman–Crippen MR) is 33.8 cm³/mol. The molecule has 0 aliphatic heterocycles. The van der Waals surface area contributed by atoms with Crippen LogP contribution in [0, 0.1) is 0 Å². The topological polar surface area (TPSA) is 47.6 Å². The van der Waals surface area contributed by atoms with Crippen LogP contribution in [0.25, 0.3) is 0 Å². The molecule has 0 spiro atoms. The summed E-state index contributed by atoms with van der Waals surface area (Å²) in [6.07, 6.45) is 3.58. The van der Waals surface area contributed by atoms with E-state index in [-0.39, 0.29) is 0 Å². The van der Waals surface area contributed by atoms with Gasteiger partial charge in [-0.05, 0) is 12.8 Å². The maximum Gasteiger partial charge on any atom is 0.0465 e. The first-order chi connectivity index (χ1) is 3.91. The van der Waals surface area contributed by atoms with E-state index in [1.165, 1.54) is 0 Å². The second kappa shape index (κ2) is 6.43. The van der Waals surface area contributed by atoms with E-state index < -0.39 is 0 Å². The molecule has 0 rings (SSSR count). The summed E-state index contributed by atoms with van der Waals surface area (Å²) < 4.78 is 4.79. The summed E-state index contributed by atoms with van der Waals surface area (Å²) in [6.45, 7) is 0.784. The van der Waals surface area contributed by atoms with Crippen molar-refractivity contribution in [2.75, 3.05) is 13.7 Å². The minimum Gasteiger partial charge on any atom is -0.385 e. The van der Waals surface area contributed by atoms with Crippen molar-refractivity contribution in [3.05, 3.63) is 0 Å². The monoisotopic (exact) mass is 116 g/mol. The Bertz CT molecular complexity index is 63.4. The third-order valence-electron chi connectivity index (χ3n) is 0.787. The van der Waals surface area contributed by atoms with Crippen LogP contribution in [0.2, 0.25) is 0 Å². The maximum absolute atomic E-state index is 4.84. The molecule has 0 saturated carbocycles. The Balaban J connectivity index is 2.72. The van der Waals surface area contributed by atoms with Gasteiger partial charge in [0.15, 0.2) is 0 Å². The van der Waals surface area contributed by atoms with Gasteiger partial charge in [-0.3, -0.25) is 0 Å². The van der Waals surface area contributed by atoms with Gasteiger partial charge in [-0.15, -0.1) is 0 Å². The van der Waals surface area contributed by atoms with Crippen LogP contribution in [0.15, 0.2) is 5.10 Å². The average molecular weight is 116 g/mol. The van der Waals surface area contributed by atoms with Crippen molar-refractivity contribution in [2.45, 2.75) is 12.8 Å². The van der Waals surface area contributed by atoms with Crippen molar-refractivity contribution in [3.8, 4) is 0 Å². The highest BCUT2D eigenvalue weighted by Crippen LogP contribution is 1.83. The molecular weight excluding hydrogens is 104 g/mol. The summed E-state index contributed by atoms with van der Waals surface area (Å²) >= 11 is 0. The zero-order chi connectivity index (χ0) is 6.24. The molecule has 3 nitrogen and oxygen atoms in total. The van der Waals surface area contributed by atoms with Gasteiger partial charge in [0.25, 0.3) is 0 Å². The van der Waals surface area contributed by atoms with Gasteiger partial charge in [0.2, 0.25) is 0 Å². The number of rotatable bonds is 4. The van der Waals surface area contributed by atoms with Gasteiger partial charge in [-0.25, -0.2) is 0 Å². The molecular formula is C5H12N2O. The van der Waals surface area contributed by atoms with E-state index in [0.717, 1.165) is 19.4 Å². The second-order valence-electron chi connectivity index (χ2n) is 1.47. The first kappa shape index (κ1) is 7.43. The standard InChI is InChI=1S/C5H12N2O/c1-8-5-3-2-4-7-6/h4H,2-3,5-6H2,1H3/b7-4+. The number of unbranched alkanes of at least 4 members (excludes halogenated alkanes) is 1. The molecule has 0 aromatic rings. The first-order valence-electron chi connectivity index (χ1n) is 2.62. The van der Waals surface area contributed by atoms with Crippen LogP contribution in [0.5, 0.6) is 0 Å². The molecule has 48 valence electrons. The lowest BCUT2D eigenvalue weighted by atomic mass is 10.3. The largest absolute Gasteiger partial charge is 0.385 e. The Morgan fingerprint density at radius 1 is 1.75 bits per heavy atom. The van der Waals surface area contributed by atoms with Crippen molar-refractivity contribution >= 4 is 6.21 Å². The molecule has 0 atom stereocenters. The molecule has 0 amide bonds. The van der Waals surface area contributed by atoms with Crippen LogP contribution in [-0.4, -0.2) is 19.9 Å². The molecule has 3 heteroatoms. The van der Waals surface area contributed by atoms with Gasteiger partial charge >= 0.3 is 0 Å². The van der Waals surface area contributed by atoms with Crippen LogP contribution >= 0.6 is 0 Å². The fraction of sp³-hybridized carbons (Fsp3) is 0.800. The molecule has 0 heterocycles. The quantitative estimate of drug-likeness (QED) is 0.249. The molecule has 8 heavy (non-hydrogen) atoms. The fourth-order valence-corrected chi connectivity index (χ4v) is 0.393. The summed E-state index contributed by atoms with van der Waals surface area (Å²) in [5.74, 6) is 4.84. The lowest BCUT2D eigenvalue weighted by Crippen LogP contribution is -1.89. The van der Waals surface area contributed by atoms with Crippen LogP contribution in [-0.2, 0) is 4.74 Å². The minimum atomic E-state index is 0.784. The molecule has 0 bridgehead atoms. The lowest BCUT2D eigenvalue weighted by molar-refractivity contribution is 0.197. The van der Waals surface area contributed by atoms with Crippen molar-refractivity contribution in [1.82, 2.24) is 0 Å². The van der Waals surface area contributed by atoms with Gasteiger partial charge < -0.3 is 10.6 Å². The van der Waals surface area contributed by atoms with Gasteiger partial charge in [-0.1, -0.05) is 0 Å². The molecule has 0 aromatic heterocycles. The number of hydrazone groups is 1. The van der Waals surface area contributed by atoms with Crippen LogP contribution in [0.3, 0.4) is 0 Å². The van der Waals surface area contributed by atoms with Crippen molar-refractivity contribution in [2.24, 2.45) is 10.9 Å². The highest BCUT2D eigenvalue weighted by Gasteiger charge is 1.79. The Morgan fingerprint density at radius 3 is 3.00 bits per heavy atom. The molecule has 0 unspecified atom stereocenters. The first-order valence-corrected chi connectivity index (χ1v) is 2.62.